The number of amides is 2. The Morgan fingerprint density at radius 3 is 2.64 bits per heavy atom. The van der Waals surface area contributed by atoms with E-state index in [1.165, 1.54) is 26.0 Å². The van der Waals surface area contributed by atoms with Gasteiger partial charge in [0, 0.05) is 37.4 Å². The van der Waals surface area contributed by atoms with Gasteiger partial charge in [0.05, 0.1) is 24.9 Å². The first-order valence-corrected chi connectivity index (χ1v) is 8.04. The molecule has 0 aromatic heterocycles. The van der Waals surface area contributed by atoms with E-state index in [9.17, 15) is 9.59 Å². The molecule has 2 amide bonds. The van der Waals surface area contributed by atoms with Crippen LogP contribution in [0.4, 0.5) is 10.5 Å². The number of nitrogens with zero attached hydrogens (tertiary/aromatic N) is 1. The van der Waals surface area contributed by atoms with Crippen molar-refractivity contribution in [3.8, 4) is 11.5 Å². The molecule has 1 N–H and O–H groups in total. The summed E-state index contributed by atoms with van der Waals surface area (Å²) in [7, 11) is 3.02. The SMILES string of the molecule is COc1cc(Cl)c(NC(=O)CCN2CCSC2=O)cc1OC. The molecule has 6 nitrogen and oxygen atoms in total. The van der Waals surface area contributed by atoms with E-state index in [1.54, 1.807) is 17.0 Å². The molecule has 1 heterocycles. The van der Waals surface area contributed by atoms with Gasteiger partial charge in [0.2, 0.25) is 5.91 Å². The number of thioether (sulfide) groups is 1. The minimum Gasteiger partial charge on any atom is -0.493 e. The minimum atomic E-state index is -0.209. The zero-order valence-electron chi connectivity index (χ0n) is 12.3. The standard InChI is InChI=1S/C14H17ClN2O4S/c1-20-11-7-9(15)10(8-12(11)21-2)16-13(18)3-4-17-5-6-22-14(17)19/h7-8H,3-6H2,1-2H3,(H,16,18). The Morgan fingerprint density at radius 1 is 1.36 bits per heavy atom. The van der Waals surface area contributed by atoms with Crippen molar-refractivity contribution < 1.29 is 19.1 Å². The Kier molecular flexibility index (Phi) is 5.79. The fourth-order valence-corrected chi connectivity index (χ4v) is 3.08. The van der Waals surface area contributed by atoms with E-state index < -0.39 is 0 Å². The van der Waals surface area contributed by atoms with Crippen molar-refractivity contribution in [1.29, 1.82) is 0 Å². The third-order valence-corrected chi connectivity index (χ3v) is 4.41. The molecule has 0 spiro atoms. The fraction of sp³-hybridized carbons (Fsp3) is 0.429. The smallest absolute Gasteiger partial charge is 0.281 e. The molecule has 1 saturated heterocycles. The lowest BCUT2D eigenvalue weighted by Crippen LogP contribution is -2.27. The minimum absolute atomic E-state index is 0.0250. The van der Waals surface area contributed by atoms with Gasteiger partial charge in [0.25, 0.3) is 5.24 Å². The summed E-state index contributed by atoms with van der Waals surface area (Å²) in [5.74, 6) is 1.54. The number of anilines is 1. The maximum atomic E-state index is 12.0. The molecule has 0 unspecified atom stereocenters. The number of halogens is 1. The molecular formula is C14H17ClN2O4S. The van der Waals surface area contributed by atoms with Crippen molar-refractivity contribution in [3.63, 3.8) is 0 Å². The molecule has 0 saturated carbocycles. The molecule has 8 heteroatoms. The van der Waals surface area contributed by atoms with Crippen LogP contribution in [0.25, 0.3) is 0 Å². The molecule has 0 radical (unpaired) electrons. The highest BCUT2D eigenvalue weighted by atomic mass is 35.5. The van der Waals surface area contributed by atoms with E-state index in [-0.39, 0.29) is 17.6 Å². The van der Waals surface area contributed by atoms with Crippen molar-refractivity contribution in [1.82, 2.24) is 4.90 Å². The zero-order chi connectivity index (χ0) is 16.1. The van der Waals surface area contributed by atoms with Crippen LogP contribution in [0.5, 0.6) is 11.5 Å². The van der Waals surface area contributed by atoms with E-state index >= 15 is 0 Å². The number of hydrogen-bond donors (Lipinski definition) is 1. The largest absolute Gasteiger partial charge is 0.493 e. The molecule has 1 aliphatic heterocycles. The van der Waals surface area contributed by atoms with Crippen LogP contribution in [0.1, 0.15) is 6.42 Å². The summed E-state index contributed by atoms with van der Waals surface area (Å²) in [6.45, 7) is 1.09. The predicted molar refractivity (Wildman–Crippen MR) is 87.2 cm³/mol. The first-order chi connectivity index (χ1) is 10.5. The van der Waals surface area contributed by atoms with Crippen LogP contribution in [0.2, 0.25) is 5.02 Å². The Labute approximate surface area is 138 Å². The summed E-state index contributed by atoms with van der Waals surface area (Å²) in [5.41, 5.74) is 0.450. The molecule has 2 rings (SSSR count). The van der Waals surface area contributed by atoms with Gasteiger partial charge in [-0.1, -0.05) is 23.4 Å². The van der Waals surface area contributed by atoms with Gasteiger partial charge in [-0.25, -0.2) is 0 Å². The highest BCUT2D eigenvalue weighted by Crippen LogP contribution is 2.36. The van der Waals surface area contributed by atoms with Gasteiger partial charge in [-0.05, 0) is 0 Å². The second kappa shape index (κ2) is 7.60. The van der Waals surface area contributed by atoms with Gasteiger partial charge in [0.1, 0.15) is 0 Å². The van der Waals surface area contributed by atoms with Crippen LogP contribution in [0, 0.1) is 0 Å². The first-order valence-electron chi connectivity index (χ1n) is 6.68. The van der Waals surface area contributed by atoms with Gasteiger partial charge >= 0.3 is 0 Å². The lowest BCUT2D eigenvalue weighted by Gasteiger charge is -2.15. The van der Waals surface area contributed by atoms with E-state index in [4.69, 9.17) is 21.1 Å². The summed E-state index contributed by atoms with van der Waals surface area (Å²) in [6, 6.07) is 3.19. The topological polar surface area (TPSA) is 67.9 Å². The average Bonchev–Trinajstić information content (AvgIpc) is 2.92. The normalized spacial score (nSPS) is 14.1. The summed E-state index contributed by atoms with van der Waals surface area (Å²) in [4.78, 5) is 25.1. The lowest BCUT2D eigenvalue weighted by atomic mass is 10.2. The fourth-order valence-electron chi connectivity index (χ4n) is 2.03. The number of carbonyl (C=O) groups is 2. The maximum absolute atomic E-state index is 12.0. The molecule has 0 aliphatic carbocycles. The van der Waals surface area contributed by atoms with E-state index in [1.807, 2.05) is 0 Å². The second-order valence-electron chi connectivity index (χ2n) is 4.59. The van der Waals surface area contributed by atoms with Crippen LogP contribution in [0.3, 0.4) is 0 Å². The molecule has 0 atom stereocenters. The number of hydrogen-bond acceptors (Lipinski definition) is 5. The number of rotatable bonds is 6. The van der Waals surface area contributed by atoms with E-state index in [0.29, 0.717) is 35.3 Å². The van der Waals surface area contributed by atoms with Crippen LogP contribution in [-0.2, 0) is 4.79 Å². The summed E-state index contributed by atoms with van der Waals surface area (Å²) >= 11 is 7.39. The van der Waals surface area contributed by atoms with Crippen LogP contribution in [0.15, 0.2) is 12.1 Å². The number of ether oxygens (including phenoxy) is 2. The van der Waals surface area contributed by atoms with Gasteiger partial charge in [-0.3, -0.25) is 9.59 Å². The Morgan fingerprint density at radius 2 is 2.05 bits per heavy atom. The quantitative estimate of drug-likeness (QED) is 0.859. The third-order valence-electron chi connectivity index (χ3n) is 3.20. The molecule has 22 heavy (non-hydrogen) atoms. The van der Waals surface area contributed by atoms with Gasteiger partial charge in [-0.15, -0.1) is 0 Å². The highest BCUT2D eigenvalue weighted by molar-refractivity contribution is 8.13. The number of methoxy groups -OCH3 is 2. The average molecular weight is 345 g/mol. The van der Waals surface area contributed by atoms with Crippen molar-refractivity contribution in [2.24, 2.45) is 0 Å². The maximum Gasteiger partial charge on any atom is 0.281 e. The second-order valence-corrected chi connectivity index (χ2v) is 6.04. The highest BCUT2D eigenvalue weighted by Gasteiger charge is 2.21. The number of nitrogens with one attached hydrogen (secondary N) is 1. The summed E-state index contributed by atoms with van der Waals surface area (Å²) in [5, 5.41) is 3.11. The molecule has 1 aliphatic rings. The molecule has 0 bridgehead atoms. The van der Waals surface area contributed by atoms with Crippen molar-refractivity contribution in [2.45, 2.75) is 6.42 Å². The van der Waals surface area contributed by atoms with Crippen LogP contribution < -0.4 is 14.8 Å². The molecular weight excluding hydrogens is 328 g/mol. The first kappa shape index (κ1) is 16.8. The molecule has 1 aromatic rings. The number of carbonyl (C=O) groups excluding carboxylic acids is 2. The van der Waals surface area contributed by atoms with E-state index in [0.717, 1.165) is 5.75 Å². The lowest BCUT2D eigenvalue weighted by molar-refractivity contribution is -0.116. The number of benzene rings is 1. The van der Waals surface area contributed by atoms with Crippen LogP contribution >= 0.6 is 23.4 Å². The van der Waals surface area contributed by atoms with Gasteiger partial charge in [0.15, 0.2) is 11.5 Å². The summed E-state index contributed by atoms with van der Waals surface area (Å²) in [6.07, 6.45) is 0.219. The summed E-state index contributed by atoms with van der Waals surface area (Å²) < 4.78 is 10.3. The molecule has 120 valence electrons. The monoisotopic (exact) mass is 344 g/mol. The van der Waals surface area contributed by atoms with E-state index in [2.05, 4.69) is 5.32 Å². The Hall–Kier alpha value is -1.60. The van der Waals surface area contributed by atoms with Crippen molar-refractivity contribution in [3.05, 3.63) is 17.2 Å². The Bertz CT molecular complexity index is 582. The van der Waals surface area contributed by atoms with Gasteiger partial charge in [-0.2, -0.15) is 0 Å². The third kappa shape index (κ3) is 3.98. The van der Waals surface area contributed by atoms with Crippen molar-refractivity contribution >= 4 is 40.2 Å². The molecule has 1 fully saturated rings. The molecule has 1 aromatic carbocycles. The van der Waals surface area contributed by atoms with Crippen molar-refractivity contribution in [2.75, 3.05) is 38.4 Å². The predicted octanol–water partition coefficient (Wildman–Crippen LogP) is 2.85. The zero-order valence-corrected chi connectivity index (χ0v) is 13.9. The van der Waals surface area contributed by atoms with Gasteiger partial charge < -0.3 is 19.7 Å². The van der Waals surface area contributed by atoms with Crippen LogP contribution in [-0.4, -0.2) is 49.1 Å². The Balaban J connectivity index is 1.97.